The fourth-order valence-corrected chi connectivity index (χ4v) is 5.07. The van der Waals surface area contributed by atoms with Crippen molar-refractivity contribution in [1.82, 2.24) is 39.7 Å². The lowest BCUT2D eigenvalue weighted by molar-refractivity contribution is 0.241. The van der Waals surface area contributed by atoms with Gasteiger partial charge in [0.05, 0.1) is 34.2 Å². The number of aromatic nitrogens is 6. The zero-order valence-corrected chi connectivity index (χ0v) is 24.5. The summed E-state index contributed by atoms with van der Waals surface area (Å²) in [6.45, 7) is 4.35. The molecule has 218 valence electrons. The molecule has 8 nitrogen and oxygen atoms in total. The lowest BCUT2D eigenvalue weighted by Gasteiger charge is -2.22. The number of hydrogen-bond donors (Lipinski definition) is 0. The predicted octanol–water partition coefficient (Wildman–Crippen LogP) is 6.13. The second-order valence-electron chi connectivity index (χ2n) is 10.7. The summed E-state index contributed by atoms with van der Waals surface area (Å²) in [6.07, 6.45) is 11.2. The molecule has 8 heteroatoms. The van der Waals surface area contributed by atoms with Crippen LogP contribution in [0.4, 0.5) is 0 Å². The summed E-state index contributed by atoms with van der Waals surface area (Å²) in [7, 11) is 0. The second-order valence-corrected chi connectivity index (χ2v) is 10.7. The molecule has 0 bridgehead atoms. The van der Waals surface area contributed by atoms with Gasteiger partial charge in [-0.2, -0.15) is 0 Å². The zero-order valence-electron chi connectivity index (χ0n) is 24.5. The highest BCUT2D eigenvalue weighted by molar-refractivity contribution is 5.54. The van der Waals surface area contributed by atoms with Gasteiger partial charge in [0.2, 0.25) is 0 Å². The average Bonchev–Trinajstić information content (AvgIpc) is 3.07. The fourth-order valence-electron chi connectivity index (χ4n) is 5.07. The maximum absolute atomic E-state index is 4.77. The van der Waals surface area contributed by atoms with Crippen LogP contribution in [0.5, 0.6) is 0 Å². The Labute approximate surface area is 258 Å². The zero-order chi connectivity index (χ0) is 29.8. The van der Waals surface area contributed by atoms with E-state index in [0.29, 0.717) is 0 Å². The molecule has 44 heavy (non-hydrogen) atoms. The standard InChI is InChI=1S/C36H34N8/c1-5-17-37-31(9-1)25-43(26-32-10-2-6-18-38-32)23-29-13-15-35(41-21-29)36-16-14-30(22-42-36)24-44(27-33-11-3-7-19-39-33)28-34-12-4-8-20-40-34/h1-22H,23-28H2. The first-order valence-electron chi connectivity index (χ1n) is 14.7. The van der Waals surface area contributed by atoms with E-state index in [0.717, 1.165) is 84.6 Å². The third-order valence-electron chi connectivity index (χ3n) is 7.17. The van der Waals surface area contributed by atoms with Crippen molar-refractivity contribution in [3.05, 3.63) is 168 Å². The molecule has 6 heterocycles. The summed E-state index contributed by atoms with van der Waals surface area (Å²) >= 11 is 0. The molecule has 6 aromatic rings. The molecule has 6 aromatic heterocycles. The van der Waals surface area contributed by atoms with Gasteiger partial charge in [0.25, 0.3) is 0 Å². The Hall–Kier alpha value is -5.18. The number of nitrogens with zero attached hydrogens (tertiary/aromatic N) is 8. The molecule has 0 aliphatic carbocycles. The molecule has 0 fully saturated rings. The number of hydrogen-bond acceptors (Lipinski definition) is 8. The molecule has 0 unspecified atom stereocenters. The minimum absolute atomic E-state index is 0.722. The summed E-state index contributed by atoms with van der Waals surface area (Å²) in [6, 6.07) is 32.4. The van der Waals surface area contributed by atoms with Crippen LogP contribution < -0.4 is 0 Å². The van der Waals surface area contributed by atoms with Crippen LogP contribution in [-0.4, -0.2) is 39.7 Å². The van der Waals surface area contributed by atoms with Gasteiger partial charge in [-0.1, -0.05) is 36.4 Å². The van der Waals surface area contributed by atoms with Gasteiger partial charge in [-0.05, 0) is 71.8 Å². The molecule has 0 atom stereocenters. The smallest absolute Gasteiger partial charge is 0.0886 e. The summed E-state index contributed by atoms with van der Waals surface area (Å²) < 4.78 is 0. The third kappa shape index (κ3) is 8.44. The topological polar surface area (TPSA) is 83.8 Å². The predicted molar refractivity (Wildman–Crippen MR) is 170 cm³/mol. The molecule has 0 saturated carbocycles. The van der Waals surface area contributed by atoms with Crippen LogP contribution in [0.1, 0.15) is 33.9 Å². The van der Waals surface area contributed by atoms with Crippen molar-refractivity contribution in [2.24, 2.45) is 0 Å². The van der Waals surface area contributed by atoms with Gasteiger partial charge in [-0.25, -0.2) is 0 Å². The first kappa shape index (κ1) is 28.9. The minimum Gasteiger partial charge on any atom is -0.287 e. The van der Waals surface area contributed by atoms with Crippen molar-refractivity contribution in [1.29, 1.82) is 0 Å². The van der Waals surface area contributed by atoms with E-state index in [1.807, 2.05) is 97.8 Å². The highest BCUT2D eigenvalue weighted by Crippen LogP contribution is 2.19. The Morgan fingerprint density at radius 3 is 0.932 bits per heavy atom. The minimum atomic E-state index is 0.722. The van der Waals surface area contributed by atoms with Crippen molar-refractivity contribution >= 4 is 0 Å². The Morgan fingerprint density at radius 2 is 0.682 bits per heavy atom. The van der Waals surface area contributed by atoms with Crippen LogP contribution in [0.15, 0.2) is 134 Å². The van der Waals surface area contributed by atoms with E-state index in [2.05, 4.69) is 66.1 Å². The Balaban J connectivity index is 1.12. The number of pyridine rings is 6. The fraction of sp³-hybridized carbons (Fsp3) is 0.167. The normalized spacial score (nSPS) is 11.2. The van der Waals surface area contributed by atoms with E-state index in [1.165, 1.54) is 0 Å². The lowest BCUT2D eigenvalue weighted by atomic mass is 10.1. The third-order valence-corrected chi connectivity index (χ3v) is 7.17. The van der Waals surface area contributed by atoms with Gasteiger partial charge in [0.1, 0.15) is 0 Å². The summed E-state index contributed by atoms with van der Waals surface area (Å²) in [4.78, 5) is 32.3. The van der Waals surface area contributed by atoms with Crippen molar-refractivity contribution < 1.29 is 0 Å². The molecule has 0 aliphatic rings. The average molecular weight is 579 g/mol. The molecule has 0 saturated heterocycles. The van der Waals surface area contributed by atoms with E-state index in [9.17, 15) is 0 Å². The molecule has 0 aliphatic heterocycles. The maximum Gasteiger partial charge on any atom is 0.0886 e. The van der Waals surface area contributed by atoms with Gasteiger partial charge in [0, 0.05) is 76.4 Å². The molecule has 0 aromatic carbocycles. The van der Waals surface area contributed by atoms with Crippen LogP contribution in [0, 0.1) is 0 Å². The van der Waals surface area contributed by atoms with E-state index in [1.54, 1.807) is 0 Å². The van der Waals surface area contributed by atoms with Crippen LogP contribution in [-0.2, 0) is 39.3 Å². The molecule has 0 spiro atoms. The lowest BCUT2D eigenvalue weighted by Crippen LogP contribution is -2.23. The van der Waals surface area contributed by atoms with E-state index < -0.39 is 0 Å². The maximum atomic E-state index is 4.77. The van der Waals surface area contributed by atoms with Gasteiger partial charge >= 0.3 is 0 Å². The van der Waals surface area contributed by atoms with Crippen LogP contribution in [0.2, 0.25) is 0 Å². The molecular formula is C36H34N8. The monoisotopic (exact) mass is 578 g/mol. The molecule has 6 rings (SSSR count). The highest BCUT2D eigenvalue weighted by atomic mass is 15.1. The first-order valence-corrected chi connectivity index (χ1v) is 14.7. The second kappa shape index (κ2) is 14.8. The molecule has 0 N–H and O–H groups in total. The van der Waals surface area contributed by atoms with Gasteiger partial charge in [0.15, 0.2) is 0 Å². The van der Waals surface area contributed by atoms with E-state index in [-0.39, 0.29) is 0 Å². The Kier molecular flexibility index (Phi) is 9.74. The first-order chi connectivity index (χ1) is 21.8. The Morgan fingerprint density at radius 1 is 0.341 bits per heavy atom. The largest absolute Gasteiger partial charge is 0.287 e. The van der Waals surface area contributed by atoms with Crippen LogP contribution >= 0.6 is 0 Å². The van der Waals surface area contributed by atoms with Crippen molar-refractivity contribution in [3.63, 3.8) is 0 Å². The van der Waals surface area contributed by atoms with Crippen molar-refractivity contribution in [2.75, 3.05) is 0 Å². The van der Waals surface area contributed by atoms with Gasteiger partial charge < -0.3 is 0 Å². The highest BCUT2D eigenvalue weighted by Gasteiger charge is 2.13. The van der Waals surface area contributed by atoms with E-state index >= 15 is 0 Å². The van der Waals surface area contributed by atoms with Crippen LogP contribution in [0.25, 0.3) is 11.4 Å². The molecular weight excluding hydrogens is 544 g/mol. The number of rotatable bonds is 13. The van der Waals surface area contributed by atoms with Gasteiger partial charge in [-0.3, -0.25) is 39.7 Å². The van der Waals surface area contributed by atoms with Gasteiger partial charge in [-0.15, -0.1) is 0 Å². The molecule has 0 radical (unpaired) electrons. The molecule has 0 amide bonds. The summed E-state index contributed by atoms with van der Waals surface area (Å²) in [5.74, 6) is 0. The summed E-state index contributed by atoms with van der Waals surface area (Å²) in [5.41, 5.74) is 8.04. The van der Waals surface area contributed by atoms with Crippen molar-refractivity contribution in [2.45, 2.75) is 39.3 Å². The SMILES string of the molecule is c1ccc(CN(Cc2ccc(-c3ccc(CN(Cc4ccccn4)Cc4ccccn4)cn3)nc2)Cc2ccccn2)nc1. The quantitative estimate of drug-likeness (QED) is 0.162. The van der Waals surface area contributed by atoms with E-state index in [4.69, 9.17) is 9.97 Å². The summed E-state index contributed by atoms with van der Waals surface area (Å²) in [5, 5.41) is 0. The van der Waals surface area contributed by atoms with Crippen LogP contribution in [0.3, 0.4) is 0 Å². The van der Waals surface area contributed by atoms with Crippen molar-refractivity contribution in [3.8, 4) is 11.4 Å². The Bertz CT molecular complexity index is 1470.